The minimum atomic E-state index is -0.561. The number of halogens is 1. The quantitative estimate of drug-likeness (QED) is 0.410. The van der Waals surface area contributed by atoms with E-state index in [1.807, 2.05) is 36.4 Å². The molecule has 0 saturated carbocycles. The second kappa shape index (κ2) is 11.3. The van der Waals surface area contributed by atoms with Gasteiger partial charge in [0.05, 0.1) is 31.0 Å². The molecule has 0 radical (unpaired) electrons. The second-order valence-electron chi connectivity index (χ2n) is 8.91. The molecule has 1 aliphatic rings. The van der Waals surface area contributed by atoms with Crippen LogP contribution in [0.4, 0.5) is 5.69 Å². The summed E-state index contributed by atoms with van der Waals surface area (Å²) in [6.07, 6.45) is 2.60. The molecule has 1 aliphatic heterocycles. The fraction of sp³-hybridized carbons (Fsp3) is 0.429. The summed E-state index contributed by atoms with van der Waals surface area (Å²) >= 11 is 6.50. The lowest BCUT2D eigenvalue weighted by atomic mass is 9.94. The van der Waals surface area contributed by atoms with E-state index in [2.05, 4.69) is 34.9 Å². The summed E-state index contributed by atoms with van der Waals surface area (Å²) in [6, 6.07) is 18.2. The Balaban J connectivity index is 1.52. The molecule has 0 unspecified atom stereocenters. The third-order valence-corrected chi connectivity index (χ3v) is 7.32. The molecule has 0 bridgehead atoms. The van der Waals surface area contributed by atoms with E-state index in [4.69, 9.17) is 21.1 Å². The Labute approximate surface area is 207 Å². The Morgan fingerprint density at radius 1 is 0.941 bits per heavy atom. The van der Waals surface area contributed by atoms with Crippen LogP contribution in [-0.2, 0) is 0 Å². The van der Waals surface area contributed by atoms with Gasteiger partial charge < -0.3 is 19.5 Å². The molecule has 182 valence electrons. The topological polar surface area (TPSA) is 45.2 Å². The van der Waals surface area contributed by atoms with Crippen LogP contribution >= 0.6 is 11.6 Å². The first-order valence-electron chi connectivity index (χ1n) is 12.1. The van der Waals surface area contributed by atoms with E-state index < -0.39 is 6.10 Å². The van der Waals surface area contributed by atoms with Gasteiger partial charge in [0.1, 0.15) is 11.5 Å². The lowest BCUT2D eigenvalue weighted by Gasteiger charge is -2.42. The van der Waals surface area contributed by atoms with Gasteiger partial charge in [-0.25, -0.2) is 0 Å². The summed E-state index contributed by atoms with van der Waals surface area (Å²) in [5, 5.41) is 14.1. The lowest BCUT2D eigenvalue weighted by Crippen LogP contribution is -2.52. The van der Waals surface area contributed by atoms with Crippen LogP contribution < -0.4 is 14.4 Å². The van der Waals surface area contributed by atoms with Crippen molar-refractivity contribution in [2.75, 3.05) is 45.3 Å². The molecule has 1 N–H and O–H groups in total. The number of benzene rings is 3. The van der Waals surface area contributed by atoms with Crippen LogP contribution in [0.2, 0.25) is 5.02 Å². The van der Waals surface area contributed by atoms with Crippen molar-refractivity contribution >= 4 is 28.1 Å². The molecular weight excluding hydrogens is 448 g/mol. The maximum Gasteiger partial charge on any atom is 0.142 e. The van der Waals surface area contributed by atoms with E-state index in [0.717, 1.165) is 73.2 Å². The standard InChI is InChI=1S/C28H35ClN2O3/c1-4-5-8-24(31-17-15-30(16-18-31)23-9-6-7-10-25(23)33-2)28(32)21-11-13-22-20(19-21)12-14-26(34-3)27(22)29/h6-7,9-14,19,24,28,32H,4-5,8,15-18H2,1-3H3/t24-,28-/m1/s1. The minimum absolute atomic E-state index is 0.0749. The average molecular weight is 483 g/mol. The largest absolute Gasteiger partial charge is 0.495 e. The molecule has 1 fully saturated rings. The summed E-state index contributed by atoms with van der Waals surface area (Å²) in [5.74, 6) is 1.57. The van der Waals surface area contributed by atoms with E-state index in [1.165, 1.54) is 0 Å². The highest BCUT2D eigenvalue weighted by Gasteiger charge is 2.30. The number of ether oxygens (including phenoxy) is 2. The number of fused-ring (bicyclic) bond motifs is 1. The van der Waals surface area contributed by atoms with E-state index in [1.54, 1.807) is 14.2 Å². The molecule has 6 heteroatoms. The van der Waals surface area contributed by atoms with Crippen LogP contribution in [0.15, 0.2) is 54.6 Å². The Kier molecular flexibility index (Phi) is 8.19. The maximum absolute atomic E-state index is 11.5. The fourth-order valence-electron chi connectivity index (χ4n) is 4.99. The van der Waals surface area contributed by atoms with E-state index in [0.29, 0.717) is 10.8 Å². The van der Waals surface area contributed by atoms with E-state index in [-0.39, 0.29) is 6.04 Å². The zero-order chi connectivity index (χ0) is 24.1. The van der Waals surface area contributed by atoms with Crippen LogP contribution in [0, 0.1) is 0 Å². The number of rotatable bonds is 9. The smallest absolute Gasteiger partial charge is 0.142 e. The zero-order valence-electron chi connectivity index (χ0n) is 20.3. The molecule has 0 aromatic heterocycles. The molecule has 0 aliphatic carbocycles. The zero-order valence-corrected chi connectivity index (χ0v) is 21.1. The number of nitrogens with zero attached hydrogens (tertiary/aromatic N) is 2. The normalized spacial score (nSPS) is 16.4. The SMILES string of the molecule is CCCC[C@H]([C@H](O)c1ccc2c(Cl)c(OC)ccc2c1)N1CCN(c2ccccc2OC)CC1. The molecule has 0 amide bonds. The van der Waals surface area contributed by atoms with Crippen molar-refractivity contribution < 1.29 is 14.6 Å². The van der Waals surface area contributed by atoms with E-state index in [9.17, 15) is 5.11 Å². The molecule has 34 heavy (non-hydrogen) atoms. The minimum Gasteiger partial charge on any atom is -0.495 e. The lowest BCUT2D eigenvalue weighted by molar-refractivity contribution is 0.0386. The molecule has 1 heterocycles. The number of hydrogen-bond donors (Lipinski definition) is 1. The molecule has 1 saturated heterocycles. The van der Waals surface area contributed by atoms with Crippen LogP contribution in [0.3, 0.4) is 0 Å². The number of piperazine rings is 1. The van der Waals surface area contributed by atoms with Crippen LogP contribution in [-0.4, -0.2) is 56.4 Å². The van der Waals surface area contributed by atoms with Gasteiger partial charge in [-0.2, -0.15) is 0 Å². The fourth-order valence-corrected chi connectivity index (χ4v) is 5.31. The molecule has 4 rings (SSSR count). The van der Waals surface area contributed by atoms with Gasteiger partial charge in [-0.3, -0.25) is 4.90 Å². The van der Waals surface area contributed by atoms with Gasteiger partial charge in [0.15, 0.2) is 0 Å². The van der Waals surface area contributed by atoms with Gasteiger partial charge in [0.25, 0.3) is 0 Å². The Morgan fingerprint density at radius 2 is 1.68 bits per heavy atom. The number of aliphatic hydroxyl groups is 1. The first-order chi connectivity index (χ1) is 16.6. The van der Waals surface area contributed by atoms with Gasteiger partial charge in [-0.15, -0.1) is 0 Å². The summed E-state index contributed by atoms with van der Waals surface area (Å²) in [4.78, 5) is 4.83. The first kappa shape index (κ1) is 24.6. The highest BCUT2D eigenvalue weighted by atomic mass is 35.5. The third-order valence-electron chi connectivity index (χ3n) is 6.93. The van der Waals surface area contributed by atoms with Crippen molar-refractivity contribution in [3.05, 3.63) is 65.2 Å². The second-order valence-corrected chi connectivity index (χ2v) is 9.29. The summed E-state index contributed by atoms with van der Waals surface area (Å²) in [6.45, 7) is 5.82. The molecular formula is C28H35ClN2O3. The Bertz CT molecular complexity index is 1100. The Hall–Kier alpha value is -2.47. The Morgan fingerprint density at radius 3 is 2.38 bits per heavy atom. The first-order valence-corrected chi connectivity index (χ1v) is 12.5. The van der Waals surface area contributed by atoms with Crippen molar-refractivity contribution in [2.24, 2.45) is 0 Å². The van der Waals surface area contributed by atoms with Crippen molar-refractivity contribution in [1.29, 1.82) is 0 Å². The molecule has 3 aromatic carbocycles. The van der Waals surface area contributed by atoms with Gasteiger partial charge in [-0.1, -0.05) is 61.7 Å². The van der Waals surface area contributed by atoms with Crippen molar-refractivity contribution in [1.82, 2.24) is 4.90 Å². The predicted octanol–water partition coefficient (Wildman–Crippen LogP) is 5.92. The summed E-state index contributed by atoms with van der Waals surface area (Å²) in [7, 11) is 3.34. The van der Waals surface area contributed by atoms with Gasteiger partial charge in [-0.05, 0) is 41.6 Å². The maximum atomic E-state index is 11.5. The van der Waals surface area contributed by atoms with Crippen molar-refractivity contribution in [3.8, 4) is 11.5 Å². The number of para-hydroxylation sites is 2. The predicted molar refractivity (Wildman–Crippen MR) is 141 cm³/mol. The van der Waals surface area contributed by atoms with Crippen LogP contribution in [0.1, 0.15) is 37.9 Å². The summed E-state index contributed by atoms with van der Waals surface area (Å²) in [5.41, 5.74) is 2.07. The van der Waals surface area contributed by atoms with Crippen molar-refractivity contribution in [2.45, 2.75) is 38.3 Å². The number of unbranched alkanes of at least 4 members (excludes halogenated alkanes) is 1. The molecule has 5 nitrogen and oxygen atoms in total. The molecule has 0 spiro atoms. The molecule has 2 atom stereocenters. The average Bonchev–Trinajstić information content (AvgIpc) is 2.89. The number of hydrogen-bond acceptors (Lipinski definition) is 5. The monoisotopic (exact) mass is 482 g/mol. The van der Waals surface area contributed by atoms with Gasteiger partial charge in [0.2, 0.25) is 0 Å². The van der Waals surface area contributed by atoms with Gasteiger partial charge in [0, 0.05) is 37.6 Å². The number of anilines is 1. The molecule has 3 aromatic rings. The highest BCUT2D eigenvalue weighted by Crippen LogP contribution is 2.36. The van der Waals surface area contributed by atoms with Gasteiger partial charge >= 0.3 is 0 Å². The summed E-state index contributed by atoms with van der Waals surface area (Å²) < 4.78 is 10.9. The highest BCUT2D eigenvalue weighted by molar-refractivity contribution is 6.37. The third kappa shape index (κ3) is 5.12. The number of aliphatic hydroxyl groups excluding tert-OH is 1. The van der Waals surface area contributed by atoms with E-state index >= 15 is 0 Å². The van der Waals surface area contributed by atoms with Crippen molar-refractivity contribution in [3.63, 3.8) is 0 Å². The van der Waals surface area contributed by atoms with Crippen LogP contribution in [0.5, 0.6) is 11.5 Å². The number of methoxy groups -OCH3 is 2. The van der Waals surface area contributed by atoms with Crippen LogP contribution in [0.25, 0.3) is 10.8 Å².